The molecule has 4 nitrogen and oxygen atoms in total. The molecule has 0 amide bonds. The van der Waals surface area contributed by atoms with E-state index in [0.29, 0.717) is 22.2 Å². The first-order chi connectivity index (χ1) is 9.74. The van der Waals surface area contributed by atoms with Crippen molar-refractivity contribution in [2.24, 2.45) is 0 Å². The van der Waals surface area contributed by atoms with Crippen molar-refractivity contribution in [2.75, 3.05) is 11.1 Å². The van der Waals surface area contributed by atoms with Crippen molar-refractivity contribution in [3.05, 3.63) is 40.0 Å². The molecule has 0 fully saturated rings. The van der Waals surface area contributed by atoms with Gasteiger partial charge < -0.3 is 15.8 Å². The van der Waals surface area contributed by atoms with Crippen LogP contribution >= 0.6 is 27.5 Å². The Labute approximate surface area is 131 Å². The number of nitrogens with two attached hydrogens (primary N) is 1. The normalized spacial score (nSPS) is 11.3. The SMILES string of the molecule is Nc1cc(Cl)cnc1Nc1ccc(OC(F)(F)F)c(Br)c1. The van der Waals surface area contributed by atoms with E-state index in [2.05, 4.69) is 31.0 Å². The van der Waals surface area contributed by atoms with Crippen molar-refractivity contribution in [2.45, 2.75) is 6.36 Å². The van der Waals surface area contributed by atoms with Crippen LogP contribution in [0.5, 0.6) is 5.75 Å². The molecule has 112 valence electrons. The minimum absolute atomic E-state index is 0.136. The molecule has 0 atom stereocenters. The Morgan fingerprint density at radius 1 is 1.29 bits per heavy atom. The molecule has 9 heteroatoms. The molecule has 3 N–H and O–H groups in total. The zero-order valence-electron chi connectivity index (χ0n) is 10.2. The standard InChI is InChI=1S/C12H8BrClF3N3O/c13-8-4-7(1-2-10(8)21-12(15,16)17)20-11-9(18)3-6(14)5-19-11/h1-5H,18H2,(H,19,20). The van der Waals surface area contributed by atoms with Gasteiger partial charge in [-0.3, -0.25) is 0 Å². The van der Waals surface area contributed by atoms with Gasteiger partial charge in [-0.05, 0) is 40.2 Å². The van der Waals surface area contributed by atoms with Crippen molar-refractivity contribution in [3.8, 4) is 5.75 Å². The molecule has 2 rings (SSSR count). The van der Waals surface area contributed by atoms with Crippen molar-refractivity contribution in [1.29, 1.82) is 0 Å². The highest BCUT2D eigenvalue weighted by Crippen LogP contribution is 2.33. The molecule has 21 heavy (non-hydrogen) atoms. The van der Waals surface area contributed by atoms with Gasteiger partial charge in [-0.25, -0.2) is 4.98 Å². The van der Waals surface area contributed by atoms with Crippen LogP contribution < -0.4 is 15.8 Å². The number of nitrogens with zero attached hydrogens (tertiary/aromatic N) is 1. The molecule has 0 unspecified atom stereocenters. The van der Waals surface area contributed by atoms with Crippen molar-refractivity contribution in [1.82, 2.24) is 4.98 Å². The molecule has 0 saturated heterocycles. The summed E-state index contributed by atoms with van der Waals surface area (Å²) in [6, 6.07) is 5.50. The van der Waals surface area contributed by atoms with Crippen LogP contribution in [0, 0.1) is 0 Å². The average molecular weight is 383 g/mol. The van der Waals surface area contributed by atoms with Gasteiger partial charge >= 0.3 is 6.36 Å². The highest BCUT2D eigenvalue weighted by molar-refractivity contribution is 9.10. The third kappa shape index (κ3) is 4.40. The number of benzene rings is 1. The molecule has 0 aliphatic heterocycles. The molecule has 0 aliphatic rings. The van der Waals surface area contributed by atoms with E-state index in [1.807, 2.05) is 0 Å². The number of rotatable bonds is 3. The maximum atomic E-state index is 12.2. The van der Waals surface area contributed by atoms with Crippen molar-refractivity contribution >= 4 is 44.7 Å². The van der Waals surface area contributed by atoms with Gasteiger partial charge in [-0.1, -0.05) is 11.6 Å². The van der Waals surface area contributed by atoms with E-state index in [9.17, 15) is 13.2 Å². The van der Waals surface area contributed by atoms with E-state index >= 15 is 0 Å². The van der Waals surface area contributed by atoms with Gasteiger partial charge in [0.2, 0.25) is 0 Å². The summed E-state index contributed by atoms with van der Waals surface area (Å²) in [7, 11) is 0. The predicted octanol–water partition coefficient (Wildman–Crippen LogP) is 4.72. The molecule has 2 aromatic rings. The third-order valence-electron chi connectivity index (χ3n) is 2.30. The van der Waals surface area contributed by atoms with Crippen LogP contribution in [0.3, 0.4) is 0 Å². The average Bonchev–Trinajstić information content (AvgIpc) is 2.35. The monoisotopic (exact) mass is 381 g/mol. The quantitative estimate of drug-likeness (QED) is 0.806. The maximum absolute atomic E-state index is 12.2. The number of alkyl halides is 3. The summed E-state index contributed by atoms with van der Waals surface area (Å²) in [5, 5.41) is 3.25. The Morgan fingerprint density at radius 3 is 2.57 bits per heavy atom. The molecular formula is C12H8BrClF3N3O. The first-order valence-electron chi connectivity index (χ1n) is 5.48. The van der Waals surface area contributed by atoms with E-state index in [1.165, 1.54) is 30.5 Å². The number of hydrogen-bond acceptors (Lipinski definition) is 4. The Balaban J connectivity index is 2.20. The van der Waals surface area contributed by atoms with Gasteiger partial charge in [-0.2, -0.15) is 0 Å². The molecule has 0 bridgehead atoms. The number of hydrogen-bond donors (Lipinski definition) is 2. The van der Waals surface area contributed by atoms with Crippen LogP contribution in [-0.4, -0.2) is 11.3 Å². The van der Waals surface area contributed by atoms with Crippen molar-refractivity contribution < 1.29 is 17.9 Å². The number of pyridine rings is 1. The van der Waals surface area contributed by atoms with Gasteiger partial charge in [-0.15, -0.1) is 13.2 Å². The predicted molar refractivity (Wildman–Crippen MR) is 77.8 cm³/mol. The Kier molecular flexibility index (Phi) is 4.48. The fraction of sp³-hybridized carbons (Fsp3) is 0.0833. The second-order valence-corrected chi connectivity index (χ2v) is 5.20. The molecule has 0 spiro atoms. The topological polar surface area (TPSA) is 60.2 Å². The van der Waals surface area contributed by atoms with Crippen LogP contribution in [0.4, 0.5) is 30.4 Å². The lowest BCUT2D eigenvalue weighted by atomic mass is 10.3. The highest BCUT2D eigenvalue weighted by atomic mass is 79.9. The Bertz CT molecular complexity index is 667. The van der Waals surface area contributed by atoms with E-state index in [1.54, 1.807) is 0 Å². The summed E-state index contributed by atoms with van der Waals surface area (Å²) in [6.45, 7) is 0. The van der Waals surface area contributed by atoms with Gasteiger partial charge in [0.1, 0.15) is 5.75 Å². The lowest BCUT2D eigenvalue weighted by molar-refractivity contribution is -0.274. The minimum atomic E-state index is -4.75. The molecule has 1 aromatic heterocycles. The smallest absolute Gasteiger partial charge is 0.405 e. The summed E-state index contributed by atoms with van der Waals surface area (Å²) in [5.41, 5.74) is 6.52. The molecule has 0 aliphatic carbocycles. The first kappa shape index (κ1) is 15.7. The Morgan fingerprint density at radius 2 is 2.00 bits per heavy atom. The third-order valence-corrected chi connectivity index (χ3v) is 3.13. The van der Waals surface area contributed by atoms with Crippen LogP contribution in [0.15, 0.2) is 34.9 Å². The molecule has 1 aromatic carbocycles. The van der Waals surface area contributed by atoms with Crippen LogP contribution in [0.2, 0.25) is 5.02 Å². The summed E-state index contributed by atoms with van der Waals surface area (Å²) in [6.07, 6.45) is -3.35. The molecular weight excluding hydrogens is 375 g/mol. The number of halogens is 5. The highest BCUT2D eigenvalue weighted by Gasteiger charge is 2.31. The lowest BCUT2D eigenvalue weighted by Crippen LogP contribution is -2.17. The van der Waals surface area contributed by atoms with E-state index < -0.39 is 6.36 Å². The molecule has 0 radical (unpaired) electrons. The largest absolute Gasteiger partial charge is 0.573 e. The van der Waals surface area contributed by atoms with Gasteiger partial charge in [0.25, 0.3) is 0 Å². The fourth-order valence-corrected chi connectivity index (χ4v) is 2.11. The summed E-state index contributed by atoms with van der Waals surface area (Å²) in [5.74, 6) is 0.000812. The van der Waals surface area contributed by atoms with Crippen LogP contribution in [-0.2, 0) is 0 Å². The number of anilines is 3. The number of nitrogens with one attached hydrogen (secondary N) is 1. The maximum Gasteiger partial charge on any atom is 0.573 e. The second kappa shape index (κ2) is 5.98. The minimum Gasteiger partial charge on any atom is -0.405 e. The zero-order valence-corrected chi connectivity index (χ0v) is 12.6. The van der Waals surface area contributed by atoms with E-state index in [4.69, 9.17) is 17.3 Å². The zero-order chi connectivity index (χ0) is 15.6. The van der Waals surface area contributed by atoms with Crippen LogP contribution in [0.1, 0.15) is 0 Å². The van der Waals surface area contributed by atoms with E-state index in [0.717, 1.165) is 0 Å². The summed E-state index contributed by atoms with van der Waals surface area (Å²) in [4.78, 5) is 3.99. The number of nitrogen functional groups attached to an aromatic ring is 1. The first-order valence-corrected chi connectivity index (χ1v) is 6.65. The number of ether oxygens (including phenoxy) is 1. The molecule has 0 saturated carbocycles. The van der Waals surface area contributed by atoms with Gasteiger partial charge in [0, 0.05) is 11.9 Å². The van der Waals surface area contributed by atoms with Gasteiger partial charge in [0.05, 0.1) is 15.2 Å². The Hall–Kier alpha value is -1.67. The summed E-state index contributed by atoms with van der Waals surface area (Å²) < 4.78 is 40.5. The second-order valence-electron chi connectivity index (χ2n) is 3.91. The van der Waals surface area contributed by atoms with E-state index in [-0.39, 0.29) is 10.2 Å². The summed E-state index contributed by atoms with van der Waals surface area (Å²) >= 11 is 8.73. The molecule has 1 heterocycles. The van der Waals surface area contributed by atoms with Crippen molar-refractivity contribution in [3.63, 3.8) is 0 Å². The van der Waals surface area contributed by atoms with Gasteiger partial charge in [0.15, 0.2) is 5.82 Å². The fourth-order valence-electron chi connectivity index (χ4n) is 1.48. The number of aromatic nitrogens is 1. The van der Waals surface area contributed by atoms with Crippen LogP contribution in [0.25, 0.3) is 0 Å². The lowest BCUT2D eigenvalue weighted by Gasteiger charge is -2.13.